The van der Waals surface area contributed by atoms with Crippen LogP contribution in [0.4, 0.5) is 5.82 Å². The first-order chi connectivity index (χ1) is 15.3. The van der Waals surface area contributed by atoms with Gasteiger partial charge in [0.1, 0.15) is 12.1 Å². The summed E-state index contributed by atoms with van der Waals surface area (Å²) >= 11 is 0. The van der Waals surface area contributed by atoms with Gasteiger partial charge in [-0.05, 0) is 11.1 Å². The lowest BCUT2D eigenvalue weighted by Crippen LogP contribution is -2.29. The Morgan fingerprint density at radius 1 is 0.742 bits per heavy atom. The number of hydrogen-bond donors (Lipinski definition) is 2. The largest absolute Gasteiger partial charge is 0.280 e. The summed E-state index contributed by atoms with van der Waals surface area (Å²) in [5.74, 6) is -0.0484. The lowest BCUT2D eigenvalue weighted by Gasteiger charge is -2.19. The van der Waals surface area contributed by atoms with E-state index in [1.165, 1.54) is 0 Å². The van der Waals surface area contributed by atoms with Gasteiger partial charge in [0.2, 0.25) is 0 Å². The second-order valence-corrected chi connectivity index (χ2v) is 6.75. The van der Waals surface area contributed by atoms with Crippen molar-refractivity contribution in [2.45, 2.75) is 6.42 Å². The molecule has 0 unspecified atom stereocenters. The highest BCUT2D eigenvalue weighted by molar-refractivity contribution is 5.97. The van der Waals surface area contributed by atoms with Gasteiger partial charge in [-0.25, -0.2) is 0 Å². The number of carbonyl (C=O) groups excluding carboxylic acids is 1. The fourth-order valence-electron chi connectivity index (χ4n) is 3.34. The molecule has 0 aliphatic heterocycles. The van der Waals surface area contributed by atoms with E-state index in [-0.39, 0.29) is 6.42 Å². The van der Waals surface area contributed by atoms with Gasteiger partial charge in [0, 0.05) is 16.7 Å². The van der Waals surface area contributed by atoms with Crippen LogP contribution in [-0.4, -0.2) is 16.1 Å². The van der Waals surface area contributed by atoms with Crippen LogP contribution in [-0.2, 0) is 4.79 Å². The Kier molecular flexibility index (Phi) is 5.96. The third-order valence-electron chi connectivity index (χ3n) is 4.71. The van der Waals surface area contributed by atoms with E-state index in [1.54, 1.807) is 0 Å². The number of nitrogens with zero attached hydrogens (tertiary/aromatic N) is 3. The molecule has 4 aromatic rings. The van der Waals surface area contributed by atoms with Crippen molar-refractivity contribution in [1.82, 2.24) is 15.6 Å². The molecule has 31 heavy (non-hydrogen) atoms. The first kappa shape index (κ1) is 19.8. The fraction of sp³-hybridized carbons (Fsp3) is 0.0400. The summed E-state index contributed by atoms with van der Waals surface area (Å²) in [6, 6.07) is 31.5. The van der Waals surface area contributed by atoms with Crippen LogP contribution >= 0.6 is 0 Å². The molecule has 0 atom stereocenters. The van der Waals surface area contributed by atoms with Gasteiger partial charge in [0.25, 0.3) is 5.91 Å². The molecule has 0 saturated carbocycles. The predicted molar refractivity (Wildman–Crippen MR) is 120 cm³/mol. The number of carbonyl (C=O) groups is 1. The molecule has 1 heterocycles. The number of rotatable bonds is 6. The van der Waals surface area contributed by atoms with Crippen LogP contribution in [0.1, 0.15) is 6.42 Å². The highest BCUT2D eigenvalue weighted by Gasteiger charge is 2.21. The van der Waals surface area contributed by atoms with Crippen molar-refractivity contribution < 1.29 is 4.79 Å². The minimum atomic E-state index is -0.447. The number of aromatic nitrogens is 2. The van der Waals surface area contributed by atoms with Crippen molar-refractivity contribution >= 4 is 11.7 Å². The molecule has 0 spiro atoms. The normalized spacial score (nSPS) is 10.2. The molecule has 2 N–H and O–H groups in total. The molecule has 0 aliphatic carbocycles. The number of hydrogen-bond acceptors (Lipinski definition) is 5. The Bertz CT molecular complexity index is 1220. The zero-order valence-electron chi connectivity index (χ0n) is 16.6. The monoisotopic (exact) mass is 405 g/mol. The highest BCUT2D eigenvalue weighted by Crippen LogP contribution is 2.41. The molecular formula is C25H19N5O. The van der Waals surface area contributed by atoms with Crippen molar-refractivity contribution in [1.29, 1.82) is 5.26 Å². The molecule has 0 saturated heterocycles. The van der Waals surface area contributed by atoms with Crippen molar-refractivity contribution in [2.24, 2.45) is 0 Å². The number of benzene rings is 3. The Hall–Kier alpha value is -4.50. The van der Waals surface area contributed by atoms with Crippen LogP contribution in [0.2, 0.25) is 0 Å². The van der Waals surface area contributed by atoms with Gasteiger partial charge in [-0.3, -0.25) is 15.6 Å². The molecule has 1 amide bonds. The molecule has 0 aliphatic rings. The van der Waals surface area contributed by atoms with Crippen LogP contribution in [0.5, 0.6) is 0 Å². The Morgan fingerprint density at radius 2 is 1.26 bits per heavy atom. The maximum Gasteiger partial charge on any atom is 0.252 e. The van der Waals surface area contributed by atoms with E-state index >= 15 is 0 Å². The number of hydrazine groups is 1. The lowest BCUT2D eigenvalue weighted by atomic mass is 9.91. The Morgan fingerprint density at radius 3 is 1.81 bits per heavy atom. The summed E-state index contributed by atoms with van der Waals surface area (Å²) in [5, 5.41) is 17.7. The van der Waals surface area contributed by atoms with Crippen molar-refractivity contribution in [3.63, 3.8) is 0 Å². The van der Waals surface area contributed by atoms with Gasteiger partial charge in [-0.1, -0.05) is 91.0 Å². The summed E-state index contributed by atoms with van der Waals surface area (Å²) in [6.45, 7) is 0. The summed E-state index contributed by atoms with van der Waals surface area (Å²) in [7, 11) is 0. The van der Waals surface area contributed by atoms with Crippen molar-refractivity contribution in [3.8, 4) is 39.6 Å². The van der Waals surface area contributed by atoms with E-state index in [9.17, 15) is 4.79 Å². The van der Waals surface area contributed by atoms with E-state index in [0.717, 1.165) is 33.5 Å². The minimum absolute atomic E-state index is 0.255. The highest BCUT2D eigenvalue weighted by atomic mass is 16.2. The molecule has 6 nitrogen and oxygen atoms in total. The van der Waals surface area contributed by atoms with Crippen LogP contribution in [0.15, 0.2) is 91.0 Å². The topological polar surface area (TPSA) is 90.7 Å². The van der Waals surface area contributed by atoms with Crippen LogP contribution in [0, 0.1) is 11.3 Å². The summed E-state index contributed by atoms with van der Waals surface area (Å²) in [6.07, 6.45) is -0.255. The number of nitrogens with one attached hydrogen (secondary N) is 2. The SMILES string of the molecule is N#CCC(=O)NNc1nnc(-c2ccccc2)c(-c2ccccc2)c1-c1ccccc1. The standard InChI is InChI=1S/C25H19N5O/c26-17-16-21(31)27-29-25-23(19-12-6-2-7-13-19)22(18-10-4-1-5-11-18)24(28-30-25)20-14-8-3-9-15-20/h1-15H,16H2,(H,27,31)(H,29,30). The van der Waals surface area contributed by atoms with Gasteiger partial charge in [-0.15, -0.1) is 10.2 Å². The smallest absolute Gasteiger partial charge is 0.252 e. The third-order valence-corrected chi connectivity index (χ3v) is 4.71. The molecule has 3 aromatic carbocycles. The van der Waals surface area contributed by atoms with Crippen LogP contribution in [0.25, 0.3) is 33.5 Å². The molecule has 1 aromatic heterocycles. The third kappa shape index (κ3) is 4.41. The minimum Gasteiger partial charge on any atom is -0.280 e. The van der Waals surface area contributed by atoms with Crippen molar-refractivity contribution in [3.05, 3.63) is 91.0 Å². The Balaban J connectivity index is 1.96. The molecule has 0 fully saturated rings. The van der Waals surface area contributed by atoms with Gasteiger partial charge in [0.05, 0.1) is 6.07 Å². The van der Waals surface area contributed by atoms with E-state index in [4.69, 9.17) is 5.26 Å². The van der Waals surface area contributed by atoms with E-state index < -0.39 is 5.91 Å². The molecule has 0 radical (unpaired) electrons. The van der Waals surface area contributed by atoms with Crippen LogP contribution < -0.4 is 10.9 Å². The van der Waals surface area contributed by atoms with E-state index in [2.05, 4.69) is 21.0 Å². The van der Waals surface area contributed by atoms with E-state index in [0.29, 0.717) is 5.82 Å². The number of amides is 1. The quantitative estimate of drug-likeness (QED) is 0.448. The van der Waals surface area contributed by atoms with Crippen molar-refractivity contribution in [2.75, 3.05) is 5.43 Å². The molecule has 6 heteroatoms. The number of nitriles is 1. The first-order valence-electron chi connectivity index (χ1n) is 9.76. The van der Waals surface area contributed by atoms with Crippen LogP contribution in [0.3, 0.4) is 0 Å². The van der Waals surface area contributed by atoms with E-state index in [1.807, 2.05) is 97.1 Å². The molecule has 0 bridgehead atoms. The maximum atomic E-state index is 11.9. The maximum absolute atomic E-state index is 11.9. The average Bonchev–Trinajstić information content (AvgIpc) is 2.84. The van der Waals surface area contributed by atoms with Gasteiger partial charge < -0.3 is 0 Å². The second-order valence-electron chi connectivity index (χ2n) is 6.75. The fourth-order valence-corrected chi connectivity index (χ4v) is 3.34. The first-order valence-corrected chi connectivity index (χ1v) is 9.76. The molecule has 4 rings (SSSR count). The summed E-state index contributed by atoms with van der Waals surface area (Å²) in [5.41, 5.74) is 10.7. The Labute approximate surface area is 180 Å². The number of anilines is 1. The van der Waals surface area contributed by atoms with Gasteiger partial charge >= 0.3 is 0 Å². The summed E-state index contributed by atoms with van der Waals surface area (Å²) in [4.78, 5) is 11.9. The van der Waals surface area contributed by atoms with Gasteiger partial charge in [0.15, 0.2) is 5.82 Å². The predicted octanol–water partition coefficient (Wildman–Crippen LogP) is 4.83. The lowest BCUT2D eigenvalue weighted by molar-refractivity contribution is -0.119. The average molecular weight is 405 g/mol. The summed E-state index contributed by atoms with van der Waals surface area (Å²) < 4.78 is 0. The zero-order valence-corrected chi connectivity index (χ0v) is 16.6. The second kappa shape index (κ2) is 9.33. The van der Waals surface area contributed by atoms with Gasteiger partial charge in [-0.2, -0.15) is 5.26 Å². The zero-order chi connectivity index (χ0) is 21.5. The molecule has 150 valence electrons. The molecular weight excluding hydrogens is 386 g/mol.